The van der Waals surface area contributed by atoms with Gasteiger partial charge in [-0.25, -0.2) is 4.79 Å². The lowest BCUT2D eigenvalue weighted by atomic mass is 10.0. The molecule has 11 heteroatoms. The Morgan fingerprint density at radius 1 is 0.811 bits per heavy atom. The summed E-state index contributed by atoms with van der Waals surface area (Å²) < 4.78 is 0. The van der Waals surface area contributed by atoms with Crippen LogP contribution in [0.5, 0.6) is 5.75 Å². The molecule has 0 heterocycles. The first-order valence-corrected chi connectivity index (χ1v) is 12.1. The van der Waals surface area contributed by atoms with Crippen LogP contribution in [0.15, 0.2) is 54.6 Å². The Morgan fingerprint density at radius 3 is 2.08 bits per heavy atom. The number of phenols is 1. The van der Waals surface area contributed by atoms with Crippen LogP contribution >= 0.6 is 0 Å². The SMILES string of the molecule is NCCCCC(NC(=O)CNC(=O)C(Cc1ccc(O)cc1)NC(=O)C(N)Cc1ccccc1)C(=O)O. The van der Waals surface area contributed by atoms with Gasteiger partial charge in [0.1, 0.15) is 17.8 Å². The zero-order valence-electron chi connectivity index (χ0n) is 20.6. The second-order valence-electron chi connectivity index (χ2n) is 8.69. The summed E-state index contributed by atoms with van der Waals surface area (Å²) in [5.41, 5.74) is 13.0. The number of benzene rings is 2. The van der Waals surface area contributed by atoms with Gasteiger partial charge in [-0.05, 0) is 55.5 Å². The molecule has 2 aromatic carbocycles. The van der Waals surface area contributed by atoms with E-state index in [1.54, 1.807) is 12.1 Å². The molecule has 0 saturated carbocycles. The minimum Gasteiger partial charge on any atom is -0.508 e. The smallest absolute Gasteiger partial charge is 0.326 e. The summed E-state index contributed by atoms with van der Waals surface area (Å²) in [7, 11) is 0. The van der Waals surface area contributed by atoms with Crippen LogP contribution in [0, 0.1) is 0 Å². The number of phenolic OH excluding ortho intramolecular Hbond substituents is 1. The summed E-state index contributed by atoms with van der Waals surface area (Å²) in [6.45, 7) is -0.0585. The Kier molecular flexibility index (Phi) is 12.0. The quantitative estimate of drug-likeness (QED) is 0.159. The predicted molar refractivity (Wildman–Crippen MR) is 137 cm³/mol. The highest BCUT2D eigenvalue weighted by atomic mass is 16.4. The first-order chi connectivity index (χ1) is 17.7. The van der Waals surface area contributed by atoms with E-state index in [-0.39, 0.29) is 25.0 Å². The van der Waals surface area contributed by atoms with E-state index in [9.17, 15) is 29.4 Å². The maximum absolute atomic E-state index is 12.9. The van der Waals surface area contributed by atoms with E-state index in [1.807, 2.05) is 30.3 Å². The fraction of sp³-hybridized carbons (Fsp3) is 0.385. The Bertz CT molecular complexity index is 1030. The molecule has 3 atom stereocenters. The van der Waals surface area contributed by atoms with Gasteiger partial charge in [0.05, 0.1) is 12.6 Å². The van der Waals surface area contributed by atoms with Crippen LogP contribution in [0.1, 0.15) is 30.4 Å². The van der Waals surface area contributed by atoms with Gasteiger partial charge in [-0.2, -0.15) is 0 Å². The van der Waals surface area contributed by atoms with Gasteiger partial charge in [0.2, 0.25) is 17.7 Å². The molecule has 0 bridgehead atoms. The van der Waals surface area contributed by atoms with E-state index in [0.717, 1.165) is 5.56 Å². The van der Waals surface area contributed by atoms with Crippen molar-refractivity contribution in [2.24, 2.45) is 11.5 Å². The molecule has 2 aromatic rings. The molecule has 0 radical (unpaired) electrons. The Labute approximate surface area is 215 Å². The van der Waals surface area contributed by atoms with Crippen LogP contribution in [0.4, 0.5) is 0 Å². The number of unbranched alkanes of at least 4 members (excludes halogenated alkanes) is 1. The van der Waals surface area contributed by atoms with Crippen molar-refractivity contribution in [1.82, 2.24) is 16.0 Å². The highest BCUT2D eigenvalue weighted by molar-refractivity contribution is 5.92. The highest BCUT2D eigenvalue weighted by Crippen LogP contribution is 2.12. The summed E-state index contributed by atoms with van der Waals surface area (Å²) in [6, 6.07) is 12.3. The minimum absolute atomic E-state index is 0.0507. The van der Waals surface area contributed by atoms with Crippen LogP contribution in [0.2, 0.25) is 0 Å². The molecule has 0 spiro atoms. The van der Waals surface area contributed by atoms with Gasteiger partial charge in [-0.15, -0.1) is 0 Å². The molecule has 37 heavy (non-hydrogen) atoms. The van der Waals surface area contributed by atoms with Gasteiger partial charge in [-0.1, -0.05) is 42.5 Å². The van der Waals surface area contributed by atoms with Crippen molar-refractivity contribution in [1.29, 1.82) is 0 Å². The number of hydrogen-bond donors (Lipinski definition) is 7. The highest BCUT2D eigenvalue weighted by Gasteiger charge is 2.26. The topological polar surface area (TPSA) is 197 Å². The molecule has 200 valence electrons. The summed E-state index contributed by atoms with van der Waals surface area (Å²) >= 11 is 0. The number of nitrogens with one attached hydrogen (secondary N) is 3. The van der Waals surface area contributed by atoms with E-state index in [2.05, 4.69) is 16.0 Å². The lowest BCUT2D eigenvalue weighted by molar-refractivity contribution is -0.142. The van der Waals surface area contributed by atoms with Crippen molar-refractivity contribution in [3.63, 3.8) is 0 Å². The first kappa shape index (κ1) is 29.3. The van der Waals surface area contributed by atoms with Crippen LogP contribution in [0.3, 0.4) is 0 Å². The van der Waals surface area contributed by atoms with Crippen LogP contribution in [-0.4, -0.2) is 65.1 Å². The normalized spacial score (nSPS) is 13.1. The summed E-state index contributed by atoms with van der Waals surface area (Å²) in [6.07, 6.45) is 1.72. The van der Waals surface area contributed by atoms with Crippen molar-refractivity contribution < 1.29 is 29.4 Å². The second kappa shape index (κ2) is 15.2. The van der Waals surface area contributed by atoms with Crippen LogP contribution in [0.25, 0.3) is 0 Å². The fourth-order valence-electron chi connectivity index (χ4n) is 3.60. The molecule has 0 aliphatic heterocycles. The van der Waals surface area contributed by atoms with E-state index in [1.165, 1.54) is 12.1 Å². The number of carbonyl (C=O) groups is 4. The second-order valence-corrected chi connectivity index (χ2v) is 8.69. The maximum atomic E-state index is 12.9. The molecule has 3 unspecified atom stereocenters. The summed E-state index contributed by atoms with van der Waals surface area (Å²) in [5, 5.41) is 26.3. The zero-order chi connectivity index (χ0) is 27.2. The Balaban J connectivity index is 2.02. The molecule has 2 rings (SSSR count). The van der Waals surface area contributed by atoms with Crippen molar-refractivity contribution in [2.75, 3.05) is 13.1 Å². The average Bonchev–Trinajstić information content (AvgIpc) is 2.88. The fourth-order valence-corrected chi connectivity index (χ4v) is 3.60. The molecule has 0 aromatic heterocycles. The third kappa shape index (κ3) is 10.7. The predicted octanol–water partition coefficient (Wildman–Crippen LogP) is -0.196. The zero-order valence-corrected chi connectivity index (χ0v) is 20.6. The maximum Gasteiger partial charge on any atom is 0.326 e. The number of amides is 3. The summed E-state index contributed by atoms with van der Waals surface area (Å²) in [4.78, 5) is 49.4. The van der Waals surface area contributed by atoms with Gasteiger partial charge in [0, 0.05) is 6.42 Å². The third-order valence-corrected chi connectivity index (χ3v) is 5.65. The van der Waals surface area contributed by atoms with Crippen molar-refractivity contribution in [3.8, 4) is 5.75 Å². The lowest BCUT2D eigenvalue weighted by Crippen LogP contribution is -2.54. The van der Waals surface area contributed by atoms with E-state index in [0.29, 0.717) is 24.9 Å². The van der Waals surface area contributed by atoms with E-state index in [4.69, 9.17) is 11.5 Å². The molecule has 11 nitrogen and oxygen atoms in total. The number of aromatic hydroxyl groups is 1. The molecule has 0 aliphatic rings. The Hall–Kier alpha value is -3.96. The largest absolute Gasteiger partial charge is 0.508 e. The molecule has 3 amide bonds. The Morgan fingerprint density at radius 2 is 1.46 bits per heavy atom. The monoisotopic (exact) mass is 513 g/mol. The van der Waals surface area contributed by atoms with Gasteiger partial charge in [-0.3, -0.25) is 14.4 Å². The van der Waals surface area contributed by atoms with Crippen molar-refractivity contribution in [2.45, 2.75) is 50.2 Å². The standard InChI is InChI=1S/C26H35N5O6/c27-13-5-4-8-21(26(36)37)30-23(33)16-29-25(35)22(15-18-9-11-19(32)12-10-18)31-24(34)20(28)14-17-6-2-1-3-7-17/h1-3,6-7,9-12,20-22,32H,4-5,8,13-16,27-28H2,(H,29,35)(H,30,33)(H,31,34)(H,36,37). The number of nitrogens with two attached hydrogens (primary N) is 2. The minimum atomic E-state index is -1.18. The average molecular weight is 514 g/mol. The number of carbonyl (C=O) groups excluding carboxylic acids is 3. The van der Waals surface area contributed by atoms with Gasteiger partial charge < -0.3 is 37.6 Å². The molecule has 0 saturated heterocycles. The van der Waals surface area contributed by atoms with Gasteiger partial charge >= 0.3 is 5.97 Å². The van der Waals surface area contributed by atoms with Gasteiger partial charge in [0.25, 0.3) is 0 Å². The summed E-state index contributed by atoms with van der Waals surface area (Å²) in [5.74, 6) is -2.99. The number of rotatable bonds is 15. The van der Waals surface area contributed by atoms with Crippen LogP contribution < -0.4 is 27.4 Å². The molecule has 0 fully saturated rings. The van der Waals surface area contributed by atoms with Crippen molar-refractivity contribution in [3.05, 3.63) is 65.7 Å². The van der Waals surface area contributed by atoms with Crippen LogP contribution in [-0.2, 0) is 32.0 Å². The first-order valence-electron chi connectivity index (χ1n) is 12.1. The number of carboxylic acids is 1. The van der Waals surface area contributed by atoms with E-state index >= 15 is 0 Å². The molecule has 0 aliphatic carbocycles. The van der Waals surface area contributed by atoms with Crippen molar-refractivity contribution >= 4 is 23.7 Å². The van der Waals surface area contributed by atoms with E-state index < -0.39 is 48.4 Å². The molecular formula is C26H35N5O6. The lowest BCUT2D eigenvalue weighted by Gasteiger charge is -2.21. The number of aliphatic carboxylic acids is 1. The van der Waals surface area contributed by atoms with Gasteiger partial charge in [0.15, 0.2) is 0 Å². The molecular weight excluding hydrogens is 478 g/mol. The number of carboxylic acid groups (broad SMARTS) is 1. The number of hydrogen-bond acceptors (Lipinski definition) is 7. The third-order valence-electron chi connectivity index (χ3n) is 5.65. The molecule has 9 N–H and O–H groups in total.